The van der Waals surface area contributed by atoms with E-state index in [0.717, 1.165) is 12.8 Å². The third kappa shape index (κ3) is 3.32. The van der Waals surface area contributed by atoms with E-state index in [9.17, 15) is 18.3 Å². The molecule has 0 saturated heterocycles. The number of methoxy groups -OCH3 is 1. The molecule has 7 heteroatoms. The molecule has 0 bridgehead atoms. The Balaban J connectivity index is 2.07. The second kappa shape index (κ2) is 6.41. The van der Waals surface area contributed by atoms with Gasteiger partial charge in [-0.05, 0) is 25.7 Å². The van der Waals surface area contributed by atoms with Crippen molar-refractivity contribution in [2.24, 2.45) is 5.92 Å². The first-order chi connectivity index (χ1) is 9.45. The van der Waals surface area contributed by atoms with Gasteiger partial charge in [-0.1, -0.05) is 19.3 Å². The molecule has 0 aromatic rings. The Hall–Kier alpha value is -0.660. The van der Waals surface area contributed by atoms with E-state index in [1.165, 1.54) is 7.11 Å². The highest BCUT2D eigenvalue weighted by Gasteiger charge is 2.43. The van der Waals surface area contributed by atoms with Crippen molar-refractivity contribution in [2.45, 2.75) is 62.3 Å². The molecule has 6 nitrogen and oxygen atoms in total. The summed E-state index contributed by atoms with van der Waals surface area (Å²) >= 11 is 0. The highest BCUT2D eigenvalue weighted by Crippen LogP contribution is 2.32. The number of aliphatic hydroxyl groups excluding tert-OH is 1. The fourth-order valence-corrected chi connectivity index (χ4v) is 5.29. The summed E-state index contributed by atoms with van der Waals surface area (Å²) in [7, 11) is -2.33. The minimum Gasteiger partial charge on any atom is -0.469 e. The Morgan fingerprint density at radius 3 is 2.50 bits per heavy atom. The molecule has 0 amide bonds. The molecule has 20 heavy (non-hydrogen) atoms. The quantitative estimate of drug-likeness (QED) is 0.740. The van der Waals surface area contributed by atoms with Gasteiger partial charge in [0.1, 0.15) is 0 Å². The molecular weight excluding hydrogens is 282 g/mol. The van der Waals surface area contributed by atoms with Gasteiger partial charge in [0.2, 0.25) is 10.0 Å². The zero-order valence-electron chi connectivity index (χ0n) is 11.7. The molecule has 0 aromatic carbocycles. The van der Waals surface area contributed by atoms with Gasteiger partial charge in [-0.25, -0.2) is 13.1 Å². The van der Waals surface area contributed by atoms with Gasteiger partial charge in [0.15, 0.2) is 0 Å². The van der Waals surface area contributed by atoms with E-state index < -0.39 is 39.3 Å². The van der Waals surface area contributed by atoms with Gasteiger partial charge in [-0.15, -0.1) is 0 Å². The highest BCUT2D eigenvalue weighted by molar-refractivity contribution is 7.90. The molecule has 0 aliphatic heterocycles. The lowest BCUT2D eigenvalue weighted by Crippen LogP contribution is -2.49. The lowest BCUT2D eigenvalue weighted by molar-refractivity contribution is -0.145. The van der Waals surface area contributed by atoms with Crippen LogP contribution >= 0.6 is 0 Å². The fourth-order valence-electron chi connectivity index (χ4n) is 3.27. The number of hydrogen-bond donors (Lipinski definition) is 2. The Bertz CT molecular complexity index is 450. The van der Waals surface area contributed by atoms with Crippen molar-refractivity contribution in [3.63, 3.8) is 0 Å². The Morgan fingerprint density at radius 1 is 1.15 bits per heavy atom. The molecule has 0 spiro atoms. The first kappa shape index (κ1) is 15.7. The summed E-state index contributed by atoms with van der Waals surface area (Å²) in [6, 6.07) is -0.423. The zero-order chi connectivity index (χ0) is 14.8. The summed E-state index contributed by atoms with van der Waals surface area (Å²) in [5, 5.41) is 9.15. The van der Waals surface area contributed by atoms with Gasteiger partial charge in [-0.3, -0.25) is 4.79 Å². The number of hydrogen-bond acceptors (Lipinski definition) is 5. The van der Waals surface area contributed by atoms with Gasteiger partial charge in [0.25, 0.3) is 0 Å². The molecule has 2 aliphatic rings. The number of aliphatic hydroxyl groups is 1. The molecule has 2 fully saturated rings. The SMILES string of the molecule is COC(=O)C1CCCC1S(=O)(=O)NC1CCCCC1O. The minimum absolute atomic E-state index is 0.423. The average molecular weight is 305 g/mol. The van der Waals surface area contributed by atoms with Gasteiger partial charge >= 0.3 is 5.97 Å². The van der Waals surface area contributed by atoms with Crippen molar-refractivity contribution in [3.8, 4) is 0 Å². The summed E-state index contributed by atoms with van der Waals surface area (Å²) in [6.45, 7) is 0. The smallest absolute Gasteiger partial charge is 0.310 e. The van der Waals surface area contributed by atoms with Crippen molar-refractivity contribution < 1.29 is 23.1 Å². The molecule has 4 unspecified atom stereocenters. The maximum atomic E-state index is 12.4. The largest absolute Gasteiger partial charge is 0.469 e. The van der Waals surface area contributed by atoms with E-state index in [-0.39, 0.29) is 0 Å². The number of carbonyl (C=O) groups excluding carboxylic acids is 1. The van der Waals surface area contributed by atoms with Crippen LogP contribution in [0.4, 0.5) is 0 Å². The van der Waals surface area contributed by atoms with Crippen LogP contribution in [0.5, 0.6) is 0 Å². The molecule has 2 aliphatic carbocycles. The van der Waals surface area contributed by atoms with Gasteiger partial charge in [-0.2, -0.15) is 0 Å². The molecule has 0 heterocycles. The van der Waals surface area contributed by atoms with Crippen LogP contribution in [0.15, 0.2) is 0 Å². The van der Waals surface area contributed by atoms with E-state index in [2.05, 4.69) is 4.72 Å². The second-order valence-electron chi connectivity index (χ2n) is 5.72. The molecule has 2 saturated carbocycles. The van der Waals surface area contributed by atoms with Crippen LogP contribution in [0.2, 0.25) is 0 Å². The summed E-state index contributed by atoms with van der Waals surface area (Å²) in [5.41, 5.74) is 0. The molecule has 4 atom stereocenters. The number of carbonyl (C=O) groups is 1. The first-order valence-corrected chi connectivity index (χ1v) is 8.77. The molecular formula is C13H23NO5S. The third-order valence-electron chi connectivity index (χ3n) is 4.40. The van der Waals surface area contributed by atoms with E-state index >= 15 is 0 Å². The maximum Gasteiger partial charge on any atom is 0.310 e. The fraction of sp³-hybridized carbons (Fsp3) is 0.923. The van der Waals surface area contributed by atoms with Gasteiger partial charge in [0, 0.05) is 6.04 Å². The van der Waals surface area contributed by atoms with Crippen molar-refractivity contribution in [1.29, 1.82) is 0 Å². The predicted molar refractivity (Wildman–Crippen MR) is 73.5 cm³/mol. The number of sulfonamides is 1. The summed E-state index contributed by atoms with van der Waals surface area (Å²) in [4.78, 5) is 11.7. The van der Waals surface area contributed by atoms with Gasteiger partial charge in [0.05, 0.1) is 24.4 Å². The van der Waals surface area contributed by atoms with Crippen LogP contribution in [0.3, 0.4) is 0 Å². The monoisotopic (exact) mass is 305 g/mol. The lowest BCUT2D eigenvalue weighted by Gasteiger charge is -2.30. The van der Waals surface area contributed by atoms with E-state index in [1.807, 2.05) is 0 Å². The summed E-state index contributed by atoms with van der Waals surface area (Å²) in [5.74, 6) is -1.04. The average Bonchev–Trinajstić information content (AvgIpc) is 2.90. The van der Waals surface area contributed by atoms with Crippen LogP contribution in [-0.4, -0.2) is 44.0 Å². The van der Waals surface area contributed by atoms with E-state index in [0.29, 0.717) is 32.1 Å². The Kier molecular flexibility index (Phi) is 5.04. The lowest BCUT2D eigenvalue weighted by atomic mass is 9.93. The first-order valence-electron chi connectivity index (χ1n) is 7.22. The maximum absolute atomic E-state index is 12.4. The van der Waals surface area contributed by atoms with Crippen molar-refractivity contribution in [3.05, 3.63) is 0 Å². The number of ether oxygens (including phenoxy) is 1. The summed E-state index contributed by atoms with van der Waals surface area (Å²) < 4.78 is 32.2. The van der Waals surface area contributed by atoms with Crippen LogP contribution < -0.4 is 4.72 Å². The standard InChI is InChI=1S/C13H23NO5S/c1-19-13(16)9-5-4-8-12(9)20(17,18)14-10-6-2-3-7-11(10)15/h9-12,14-15H,2-8H2,1H3. The van der Waals surface area contributed by atoms with E-state index in [4.69, 9.17) is 4.74 Å². The second-order valence-corrected chi connectivity index (χ2v) is 7.65. The van der Waals surface area contributed by atoms with Crippen LogP contribution in [-0.2, 0) is 19.6 Å². The number of rotatable bonds is 4. The third-order valence-corrected chi connectivity index (χ3v) is 6.39. The molecule has 0 radical (unpaired) electrons. The normalized spacial score (nSPS) is 34.9. The summed E-state index contributed by atoms with van der Waals surface area (Å²) in [6.07, 6.45) is 4.20. The van der Waals surface area contributed by atoms with E-state index in [1.54, 1.807) is 0 Å². The molecule has 116 valence electrons. The Morgan fingerprint density at radius 2 is 1.85 bits per heavy atom. The van der Waals surface area contributed by atoms with Crippen molar-refractivity contribution >= 4 is 16.0 Å². The van der Waals surface area contributed by atoms with Crippen molar-refractivity contribution in [2.75, 3.05) is 7.11 Å². The van der Waals surface area contributed by atoms with Crippen LogP contribution in [0.1, 0.15) is 44.9 Å². The molecule has 2 rings (SSSR count). The topological polar surface area (TPSA) is 92.7 Å². The molecule has 0 aromatic heterocycles. The van der Waals surface area contributed by atoms with Gasteiger partial charge < -0.3 is 9.84 Å². The van der Waals surface area contributed by atoms with Crippen molar-refractivity contribution in [1.82, 2.24) is 4.72 Å². The number of nitrogens with one attached hydrogen (secondary N) is 1. The number of esters is 1. The van der Waals surface area contributed by atoms with Crippen LogP contribution in [0, 0.1) is 5.92 Å². The molecule has 2 N–H and O–H groups in total. The highest BCUT2D eigenvalue weighted by atomic mass is 32.2. The zero-order valence-corrected chi connectivity index (χ0v) is 12.6. The van der Waals surface area contributed by atoms with Crippen LogP contribution in [0.25, 0.3) is 0 Å². The predicted octanol–water partition coefficient (Wildman–Crippen LogP) is 0.551. The minimum atomic E-state index is -3.61. The Labute approximate surface area is 119 Å².